The van der Waals surface area contributed by atoms with Gasteiger partial charge in [0, 0.05) is 58.9 Å². The molecule has 2 heterocycles. The standard InChI is InChI=1S/C19H34N6O3.HI/c1-6-20-17(21-8-9-23(5)18(26)28-19(2,3)4)25-12-10-24(11-13-25)15-16-7-14-27-22-16;/h7,14H,6,8-13,15H2,1-5H3,(H,20,21);1H. The van der Waals surface area contributed by atoms with Gasteiger partial charge in [-0.15, -0.1) is 24.0 Å². The second-order valence-corrected chi connectivity index (χ2v) is 7.89. The van der Waals surface area contributed by atoms with E-state index in [1.165, 1.54) is 0 Å². The van der Waals surface area contributed by atoms with Gasteiger partial charge in [-0.25, -0.2) is 4.79 Å². The van der Waals surface area contributed by atoms with E-state index in [-0.39, 0.29) is 30.1 Å². The number of carbonyl (C=O) groups excluding carboxylic acids is 1. The molecule has 1 aromatic rings. The van der Waals surface area contributed by atoms with Gasteiger partial charge in [-0.05, 0) is 27.7 Å². The minimum atomic E-state index is -0.491. The van der Waals surface area contributed by atoms with Crippen LogP contribution in [0.2, 0.25) is 0 Å². The minimum Gasteiger partial charge on any atom is -0.444 e. The van der Waals surface area contributed by atoms with Gasteiger partial charge in [0.05, 0.1) is 12.2 Å². The molecule has 0 aliphatic carbocycles. The molecule has 0 atom stereocenters. The van der Waals surface area contributed by atoms with E-state index >= 15 is 0 Å². The molecule has 10 heteroatoms. The lowest BCUT2D eigenvalue weighted by molar-refractivity contribution is 0.0304. The predicted molar refractivity (Wildman–Crippen MR) is 124 cm³/mol. The number of halogens is 1. The summed E-state index contributed by atoms with van der Waals surface area (Å²) in [4.78, 5) is 22.9. The third-order valence-electron chi connectivity index (χ3n) is 4.29. The normalized spacial score (nSPS) is 15.6. The molecule has 9 nitrogen and oxygen atoms in total. The third kappa shape index (κ3) is 9.20. The van der Waals surface area contributed by atoms with Crippen LogP contribution in [0.25, 0.3) is 0 Å². The molecule has 0 spiro atoms. The van der Waals surface area contributed by atoms with Gasteiger partial charge in [0.1, 0.15) is 11.9 Å². The van der Waals surface area contributed by atoms with Crippen molar-refractivity contribution >= 4 is 36.0 Å². The molecule has 0 unspecified atom stereocenters. The molecule has 29 heavy (non-hydrogen) atoms. The molecular formula is C19H35IN6O3. The number of piperazine rings is 1. The lowest BCUT2D eigenvalue weighted by atomic mass is 10.2. The van der Waals surface area contributed by atoms with Crippen molar-refractivity contribution in [3.8, 4) is 0 Å². The highest BCUT2D eigenvalue weighted by Gasteiger charge is 2.21. The summed E-state index contributed by atoms with van der Waals surface area (Å²) in [6.07, 6.45) is 1.28. The average Bonchev–Trinajstić information content (AvgIpc) is 3.13. The van der Waals surface area contributed by atoms with Gasteiger partial charge in [0.2, 0.25) is 0 Å². The Morgan fingerprint density at radius 3 is 2.59 bits per heavy atom. The highest BCUT2D eigenvalue weighted by atomic mass is 127. The minimum absolute atomic E-state index is 0. The molecule has 1 amide bonds. The van der Waals surface area contributed by atoms with E-state index in [1.54, 1.807) is 18.2 Å². The van der Waals surface area contributed by atoms with Crippen molar-refractivity contribution in [2.45, 2.75) is 39.8 Å². The van der Waals surface area contributed by atoms with Crippen LogP contribution in [-0.2, 0) is 11.3 Å². The lowest BCUT2D eigenvalue weighted by Gasteiger charge is -2.36. The van der Waals surface area contributed by atoms with Crippen LogP contribution >= 0.6 is 24.0 Å². The Morgan fingerprint density at radius 1 is 1.34 bits per heavy atom. The molecule has 1 saturated heterocycles. The Kier molecular flexibility index (Phi) is 10.7. The summed E-state index contributed by atoms with van der Waals surface area (Å²) in [7, 11) is 1.74. The fourth-order valence-electron chi connectivity index (χ4n) is 2.83. The molecule has 1 aromatic heterocycles. The fraction of sp³-hybridized carbons (Fsp3) is 0.737. The Labute approximate surface area is 190 Å². The van der Waals surface area contributed by atoms with Crippen molar-refractivity contribution in [2.24, 2.45) is 4.99 Å². The summed E-state index contributed by atoms with van der Waals surface area (Å²) in [6, 6.07) is 1.90. The van der Waals surface area contributed by atoms with Crippen LogP contribution in [0.15, 0.2) is 21.8 Å². The van der Waals surface area contributed by atoms with Crippen molar-refractivity contribution < 1.29 is 14.1 Å². The van der Waals surface area contributed by atoms with Crippen LogP contribution in [0.4, 0.5) is 4.79 Å². The van der Waals surface area contributed by atoms with E-state index in [2.05, 4.69) is 27.2 Å². The van der Waals surface area contributed by atoms with Crippen molar-refractivity contribution in [3.63, 3.8) is 0 Å². The molecule has 166 valence electrons. The molecule has 1 fully saturated rings. The first-order chi connectivity index (χ1) is 13.3. The number of aromatic nitrogens is 1. The summed E-state index contributed by atoms with van der Waals surface area (Å²) >= 11 is 0. The Hall–Kier alpha value is -1.56. The van der Waals surface area contributed by atoms with Crippen LogP contribution in [0.5, 0.6) is 0 Å². The van der Waals surface area contributed by atoms with Gasteiger partial charge in [0.25, 0.3) is 0 Å². The van der Waals surface area contributed by atoms with E-state index in [1.807, 2.05) is 26.8 Å². The van der Waals surface area contributed by atoms with Crippen LogP contribution in [0.3, 0.4) is 0 Å². The van der Waals surface area contributed by atoms with Gasteiger partial charge in [-0.2, -0.15) is 0 Å². The topological polar surface area (TPSA) is 86.4 Å². The Balaban J connectivity index is 0.00000420. The number of hydrogen-bond acceptors (Lipinski definition) is 6. The predicted octanol–water partition coefficient (Wildman–Crippen LogP) is 2.24. The van der Waals surface area contributed by atoms with Gasteiger partial charge in [-0.1, -0.05) is 5.16 Å². The molecule has 2 rings (SSSR count). The van der Waals surface area contributed by atoms with E-state index in [0.717, 1.165) is 50.9 Å². The van der Waals surface area contributed by atoms with Gasteiger partial charge in [-0.3, -0.25) is 9.89 Å². The molecule has 0 radical (unpaired) electrons. The highest BCUT2D eigenvalue weighted by Crippen LogP contribution is 2.09. The van der Waals surface area contributed by atoms with E-state index in [9.17, 15) is 4.79 Å². The van der Waals surface area contributed by atoms with Crippen LogP contribution in [-0.4, -0.2) is 90.4 Å². The molecule has 0 aromatic carbocycles. The summed E-state index contributed by atoms with van der Waals surface area (Å²) in [5.74, 6) is 0.890. The average molecular weight is 522 g/mol. The number of carbonyl (C=O) groups is 1. The molecule has 1 aliphatic rings. The first-order valence-corrected chi connectivity index (χ1v) is 9.87. The molecular weight excluding hydrogens is 487 g/mol. The van der Waals surface area contributed by atoms with Crippen LogP contribution in [0, 0.1) is 0 Å². The number of guanidine groups is 1. The summed E-state index contributed by atoms with van der Waals surface area (Å²) < 4.78 is 10.3. The number of ether oxygens (including phenoxy) is 1. The highest BCUT2D eigenvalue weighted by molar-refractivity contribution is 14.0. The maximum atomic E-state index is 12.0. The fourth-order valence-corrected chi connectivity index (χ4v) is 2.83. The summed E-state index contributed by atoms with van der Waals surface area (Å²) in [5.41, 5.74) is 0.467. The van der Waals surface area contributed by atoms with Gasteiger partial charge in [0.15, 0.2) is 5.96 Å². The first-order valence-electron chi connectivity index (χ1n) is 9.87. The lowest BCUT2D eigenvalue weighted by Crippen LogP contribution is -2.52. The number of nitrogens with zero attached hydrogens (tertiary/aromatic N) is 5. The molecule has 1 aliphatic heterocycles. The maximum absolute atomic E-state index is 12.0. The van der Waals surface area contributed by atoms with E-state index < -0.39 is 5.60 Å². The third-order valence-corrected chi connectivity index (χ3v) is 4.29. The quantitative estimate of drug-likeness (QED) is 0.349. The van der Waals surface area contributed by atoms with E-state index in [4.69, 9.17) is 14.3 Å². The number of amides is 1. The number of aliphatic imine (C=N–C) groups is 1. The molecule has 1 N–H and O–H groups in total. The van der Waals surface area contributed by atoms with Crippen LogP contribution in [0.1, 0.15) is 33.4 Å². The van der Waals surface area contributed by atoms with Gasteiger partial charge < -0.3 is 24.4 Å². The zero-order chi connectivity index (χ0) is 20.6. The first kappa shape index (κ1) is 25.5. The van der Waals surface area contributed by atoms with Crippen molar-refractivity contribution in [1.82, 2.24) is 25.2 Å². The Morgan fingerprint density at radius 2 is 2.03 bits per heavy atom. The van der Waals surface area contributed by atoms with Crippen LogP contribution < -0.4 is 5.32 Å². The largest absolute Gasteiger partial charge is 0.444 e. The molecule has 0 saturated carbocycles. The SMILES string of the molecule is CCNC(=NCCN(C)C(=O)OC(C)(C)C)N1CCN(Cc2ccon2)CC1.I. The smallest absolute Gasteiger partial charge is 0.410 e. The number of likely N-dealkylation sites (N-methyl/N-ethyl adjacent to an activating group) is 1. The second-order valence-electron chi connectivity index (χ2n) is 7.89. The number of rotatable bonds is 6. The van der Waals surface area contributed by atoms with E-state index in [0.29, 0.717) is 13.1 Å². The zero-order valence-electron chi connectivity index (χ0n) is 18.2. The molecule has 0 bridgehead atoms. The monoisotopic (exact) mass is 522 g/mol. The summed E-state index contributed by atoms with van der Waals surface area (Å²) in [5, 5.41) is 7.33. The number of hydrogen-bond donors (Lipinski definition) is 1. The van der Waals surface area contributed by atoms with Crippen molar-refractivity contribution in [2.75, 3.05) is 52.9 Å². The zero-order valence-corrected chi connectivity index (χ0v) is 20.5. The number of nitrogens with one attached hydrogen (secondary N) is 1. The van der Waals surface area contributed by atoms with Crippen molar-refractivity contribution in [3.05, 3.63) is 18.0 Å². The Bertz CT molecular complexity index is 624. The van der Waals surface area contributed by atoms with Gasteiger partial charge >= 0.3 is 6.09 Å². The maximum Gasteiger partial charge on any atom is 0.410 e. The van der Waals surface area contributed by atoms with Crippen molar-refractivity contribution in [1.29, 1.82) is 0 Å². The second kappa shape index (κ2) is 12.2. The summed E-state index contributed by atoms with van der Waals surface area (Å²) in [6.45, 7) is 14.0.